The third-order valence-electron chi connectivity index (χ3n) is 6.90. The molecule has 2 aromatic carbocycles. The van der Waals surface area contributed by atoms with Gasteiger partial charge in [-0.2, -0.15) is 0 Å². The number of alkyl carbamates (subject to hydrolysis) is 1. The number of benzene rings is 2. The maximum Gasteiger partial charge on any atom is 0.408 e. The van der Waals surface area contributed by atoms with Gasteiger partial charge < -0.3 is 20.1 Å². The van der Waals surface area contributed by atoms with E-state index in [1.165, 1.54) is 0 Å². The van der Waals surface area contributed by atoms with Crippen LogP contribution in [0.2, 0.25) is 0 Å². The number of carboxylic acids is 1. The summed E-state index contributed by atoms with van der Waals surface area (Å²) in [6, 6.07) is 16.3. The highest BCUT2D eigenvalue weighted by Gasteiger charge is 2.54. The smallest absolute Gasteiger partial charge is 0.408 e. The van der Waals surface area contributed by atoms with Gasteiger partial charge in [0.05, 0.1) is 6.42 Å². The molecule has 2 N–H and O–H groups in total. The summed E-state index contributed by atoms with van der Waals surface area (Å²) in [4.78, 5) is 38.5. The van der Waals surface area contributed by atoms with Gasteiger partial charge >= 0.3 is 12.1 Å². The maximum absolute atomic E-state index is 13.2. The van der Waals surface area contributed by atoms with Crippen LogP contribution in [0.4, 0.5) is 4.79 Å². The number of nitrogens with zero attached hydrogens (tertiary/aromatic N) is 1. The van der Waals surface area contributed by atoms with Gasteiger partial charge in [0.15, 0.2) is 0 Å². The molecular formula is C26H28N2O5. The molecule has 0 saturated heterocycles. The van der Waals surface area contributed by atoms with E-state index >= 15 is 0 Å². The second-order valence-electron chi connectivity index (χ2n) is 9.37. The molecule has 2 aromatic rings. The second kappa shape index (κ2) is 8.54. The first kappa shape index (κ1) is 21.5. The van der Waals surface area contributed by atoms with Crippen LogP contribution in [0.15, 0.2) is 48.5 Å². The monoisotopic (exact) mass is 448 g/mol. The van der Waals surface area contributed by atoms with Crippen LogP contribution in [0.1, 0.15) is 49.1 Å². The Kier molecular flexibility index (Phi) is 5.56. The van der Waals surface area contributed by atoms with Gasteiger partial charge in [-0.25, -0.2) is 4.79 Å². The van der Waals surface area contributed by atoms with E-state index in [0.717, 1.165) is 35.1 Å². The van der Waals surface area contributed by atoms with Gasteiger partial charge in [0.2, 0.25) is 5.91 Å². The standard InChI is InChI=1S/C26H28N2O5/c29-23(30)11-14-28(15-17-9-10-17)24(31)26(12-13-26)27-25(32)33-16-22-20-7-3-1-5-18(20)19-6-2-4-8-21(19)22/h1-8,17,22H,9-16H2,(H,27,32)(H,29,30). The summed E-state index contributed by atoms with van der Waals surface area (Å²) in [6.07, 6.45) is 2.51. The van der Waals surface area contributed by atoms with Crippen LogP contribution >= 0.6 is 0 Å². The summed E-state index contributed by atoms with van der Waals surface area (Å²) in [5.41, 5.74) is 3.62. The lowest BCUT2D eigenvalue weighted by atomic mass is 9.98. The maximum atomic E-state index is 13.2. The lowest BCUT2D eigenvalue weighted by Gasteiger charge is -2.27. The van der Waals surface area contributed by atoms with E-state index in [0.29, 0.717) is 25.3 Å². The van der Waals surface area contributed by atoms with Crippen molar-refractivity contribution in [3.8, 4) is 11.1 Å². The Balaban J connectivity index is 1.23. The number of carboxylic acid groups (broad SMARTS) is 1. The van der Waals surface area contributed by atoms with Gasteiger partial charge in [-0.15, -0.1) is 0 Å². The highest BCUT2D eigenvalue weighted by atomic mass is 16.5. The van der Waals surface area contributed by atoms with Crippen molar-refractivity contribution in [1.29, 1.82) is 0 Å². The Morgan fingerprint density at radius 3 is 2.15 bits per heavy atom. The Hall–Kier alpha value is -3.35. The molecule has 3 aliphatic carbocycles. The molecule has 7 heteroatoms. The first-order valence-corrected chi connectivity index (χ1v) is 11.6. The lowest BCUT2D eigenvalue weighted by Crippen LogP contribution is -2.51. The van der Waals surface area contributed by atoms with Crippen LogP contribution in [-0.2, 0) is 14.3 Å². The number of carbonyl (C=O) groups is 3. The molecule has 172 valence electrons. The van der Waals surface area contributed by atoms with Gasteiger partial charge in [-0.3, -0.25) is 9.59 Å². The van der Waals surface area contributed by atoms with E-state index < -0.39 is 17.6 Å². The fraction of sp³-hybridized carbons (Fsp3) is 0.423. The number of fused-ring (bicyclic) bond motifs is 3. The van der Waals surface area contributed by atoms with Crippen LogP contribution in [0, 0.1) is 5.92 Å². The molecule has 0 aromatic heterocycles. The van der Waals surface area contributed by atoms with E-state index in [9.17, 15) is 14.4 Å². The average molecular weight is 449 g/mol. The van der Waals surface area contributed by atoms with Gasteiger partial charge in [0.1, 0.15) is 12.1 Å². The van der Waals surface area contributed by atoms with Crippen LogP contribution in [-0.4, -0.2) is 53.2 Å². The molecule has 5 rings (SSSR count). The third kappa shape index (κ3) is 4.45. The molecule has 7 nitrogen and oxygen atoms in total. The number of hydrogen-bond acceptors (Lipinski definition) is 4. The second-order valence-corrected chi connectivity index (χ2v) is 9.37. The van der Waals surface area contributed by atoms with Crippen LogP contribution in [0.25, 0.3) is 11.1 Å². The highest BCUT2D eigenvalue weighted by molar-refractivity contribution is 5.93. The molecule has 0 heterocycles. The molecule has 0 spiro atoms. The van der Waals surface area contributed by atoms with Crippen molar-refractivity contribution >= 4 is 18.0 Å². The molecule has 0 radical (unpaired) electrons. The molecule has 0 bridgehead atoms. The predicted octanol–water partition coefficient (Wildman–Crippen LogP) is 3.77. The lowest BCUT2D eigenvalue weighted by molar-refractivity contribution is -0.139. The van der Waals surface area contributed by atoms with Crippen LogP contribution in [0.3, 0.4) is 0 Å². The van der Waals surface area contributed by atoms with Crippen molar-refractivity contribution in [3.63, 3.8) is 0 Å². The first-order valence-electron chi connectivity index (χ1n) is 11.6. The largest absolute Gasteiger partial charge is 0.481 e. The zero-order chi connectivity index (χ0) is 23.0. The minimum atomic E-state index is -0.962. The van der Waals surface area contributed by atoms with Crippen LogP contribution < -0.4 is 5.32 Å². The number of hydrogen-bond donors (Lipinski definition) is 2. The molecular weight excluding hydrogens is 420 g/mol. The predicted molar refractivity (Wildman–Crippen MR) is 122 cm³/mol. The van der Waals surface area contributed by atoms with E-state index in [4.69, 9.17) is 9.84 Å². The summed E-state index contributed by atoms with van der Waals surface area (Å²) in [5, 5.41) is 11.8. The van der Waals surface area contributed by atoms with E-state index in [1.54, 1.807) is 4.90 Å². The Labute approximate surface area is 192 Å². The SMILES string of the molecule is O=C(O)CCN(CC1CC1)C(=O)C1(NC(=O)OCC2c3ccccc3-c3ccccc32)CC1. The zero-order valence-electron chi connectivity index (χ0n) is 18.5. The molecule has 2 saturated carbocycles. The molecule has 0 unspecified atom stereocenters. The highest BCUT2D eigenvalue weighted by Crippen LogP contribution is 2.44. The van der Waals surface area contributed by atoms with Crippen LogP contribution in [0.5, 0.6) is 0 Å². The Morgan fingerprint density at radius 2 is 1.61 bits per heavy atom. The van der Waals surface area contributed by atoms with Crippen molar-refractivity contribution in [2.24, 2.45) is 5.92 Å². The zero-order valence-corrected chi connectivity index (χ0v) is 18.5. The molecule has 33 heavy (non-hydrogen) atoms. The van der Waals surface area contributed by atoms with Crippen molar-refractivity contribution in [3.05, 3.63) is 59.7 Å². The molecule has 2 amide bonds. The normalized spacial score (nSPS) is 17.6. The van der Waals surface area contributed by atoms with Crippen molar-refractivity contribution in [2.45, 2.75) is 43.6 Å². The number of carbonyl (C=O) groups excluding carboxylic acids is 2. The molecule has 3 aliphatic rings. The summed E-state index contributed by atoms with van der Waals surface area (Å²) < 4.78 is 5.62. The number of ether oxygens (including phenoxy) is 1. The third-order valence-corrected chi connectivity index (χ3v) is 6.90. The van der Waals surface area contributed by atoms with E-state index in [1.807, 2.05) is 24.3 Å². The number of amides is 2. The summed E-state index contributed by atoms with van der Waals surface area (Å²) in [7, 11) is 0. The van der Waals surface area contributed by atoms with Gasteiger partial charge in [0, 0.05) is 19.0 Å². The average Bonchev–Trinajstić information content (AvgIpc) is 3.74. The molecule has 2 fully saturated rings. The Morgan fingerprint density at radius 1 is 1.00 bits per heavy atom. The van der Waals surface area contributed by atoms with Gasteiger partial charge in [-0.05, 0) is 53.9 Å². The summed E-state index contributed by atoms with van der Waals surface area (Å²) in [6.45, 7) is 0.911. The van der Waals surface area contributed by atoms with Crippen molar-refractivity contribution < 1.29 is 24.2 Å². The number of rotatable bonds is 9. The Bertz CT molecular complexity index is 1040. The molecule has 0 aliphatic heterocycles. The van der Waals surface area contributed by atoms with Crippen molar-refractivity contribution in [2.75, 3.05) is 19.7 Å². The summed E-state index contributed by atoms with van der Waals surface area (Å²) >= 11 is 0. The van der Waals surface area contributed by atoms with E-state index in [2.05, 4.69) is 29.6 Å². The molecule has 0 atom stereocenters. The van der Waals surface area contributed by atoms with Crippen molar-refractivity contribution in [1.82, 2.24) is 10.2 Å². The minimum absolute atomic E-state index is 0.0454. The first-order chi connectivity index (χ1) is 16.0. The van der Waals surface area contributed by atoms with Gasteiger partial charge in [-0.1, -0.05) is 48.5 Å². The number of aliphatic carboxylic acids is 1. The fourth-order valence-corrected chi connectivity index (χ4v) is 4.77. The fourth-order valence-electron chi connectivity index (χ4n) is 4.77. The van der Waals surface area contributed by atoms with Gasteiger partial charge in [0.25, 0.3) is 0 Å². The quantitative estimate of drug-likeness (QED) is 0.609. The topological polar surface area (TPSA) is 95.9 Å². The summed E-state index contributed by atoms with van der Waals surface area (Å²) in [5.74, 6) is -0.731. The number of nitrogens with one attached hydrogen (secondary N) is 1. The van der Waals surface area contributed by atoms with E-state index in [-0.39, 0.29) is 31.4 Å². The minimum Gasteiger partial charge on any atom is -0.481 e.